The van der Waals surface area contributed by atoms with Crippen LogP contribution in [0.15, 0.2) is 23.1 Å². The standard InChI is InChI=1S/C17H22N2O2S/c1-10-4-3-5-13(11(10)2)19-17(21)12-6-7-15-14(8-12)18-16(20)9-22-15/h6-8,10-11,13H,3-5,9H2,1-2H3,(H,18,20)(H,19,21)/t10-,11+,13+/m0/s1. The number of fused-ring (bicyclic) bond motifs is 1. The SMILES string of the molecule is C[C@@H]1[C@@H](C)CCC[C@H]1NC(=O)c1ccc2c(c1)NC(=O)CS2. The Balaban J connectivity index is 1.72. The lowest BCUT2D eigenvalue weighted by Gasteiger charge is -2.34. The van der Waals surface area contributed by atoms with Crippen LogP contribution in [0.1, 0.15) is 43.5 Å². The van der Waals surface area contributed by atoms with Gasteiger partial charge in [0.25, 0.3) is 5.91 Å². The zero-order valence-electron chi connectivity index (χ0n) is 13.0. The zero-order valence-corrected chi connectivity index (χ0v) is 13.8. The third kappa shape index (κ3) is 3.14. The highest BCUT2D eigenvalue weighted by Gasteiger charge is 2.28. The first-order valence-corrected chi connectivity index (χ1v) is 8.90. The van der Waals surface area contributed by atoms with Crippen LogP contribution in [0.5, 0.6) is 0 Å². The summed E-state index contributed by atoms with van der Waals surface area (Å²) in [6.45, 7) is 4.48. The second-order valence-corrected chi connectivity index (χ2v) is 7.41. The lowest BCUT2D eigenvalue weighted by Crippen LogP contribution is -2.43. The highest BCUT2D eigenvalue weighted by atomic mass is 32.2. The van der Waals surface area contributed by atoms with Gasteiger partial charge in [-0.15, -0.1) is 11.8 Å². The Hall–Kier alpha value is -1.49. The van der Waals surface area contributed by atoms with E-state index in [1.54, 1.807) is 6.07 Å². The molecule has 2 aliphatic rings. The number of rotatable bonds is 2. The number of amides is 2. The Morgan fingerprint density at radius 3 is 2.95 bits per heavy atom. The van der Waals surface area contributed by atoms with Crippen LogP contribution >= 0.6 is 11.8 Å². The molecule has 5 heteroatoms. The fourth-order valence-electron chi connectivity index (χ4n) is 3.26. The van der Waals surface area contributed by atoms with Crippen molar-refractivity contribution < 1.29 is 9.59 Å². The highest BCUT2D eigenvalue weighted by molar-refractivity contribution is 8.00. The van der Waals surface area contributed by atoms with Gasteiger partial charge in [-0.05, 0) is 36.5 Å². The zero-order chi connectivity index (χ0) is 15.7. The molecule has 118 valence electrons. The number of thioether (sulfide) groups is 1. The normalized spacial score (nSPS) is 27.7. The smallest absolute Gasteiger partial charge is 0.251 e. The van der Waals surface area contributed by atoms with Crippen molar-refractivity contribution in [3.63, 3.8) is 0 Å². The maximum absolute atomic E-state index is 12.5. The van der Waals surface area contributed by atoms with Crippen LogP contribution in [0.2, 0.25) is 0 Å². The first-order chi connectivity index (χ1) is 10.5. The Morgan fingerprint density at radius 2 is 2.14 bits per heavy atom. The lowest BCUT2D eigenvalue weighted by atomic mass is 9.78. The molecule has 22 heavy (non-hydrogen) atoms. The summed E-state index contributed by atoms with van der Waals surface area (Å²) in [4.78, 5) is 25.0. The maximum atomic E-state index is 12.5. The van der Waals surface area contributed by atoms with Crippen molar-refractivity contribution in [3.8, 4) is 0 Å². The number of carbonyl (C=O) groups excluding carboxylic acids is 2. The van der Waals surface area contributed by atoms with E-state index in [-0.39, 0.29) is 17.9 Å². The predicted molar refractivity (Wildman–Crippen MR) is 89.2 cm³/mol. The first kappa shape index (κ1) is 15.4. The number of carbonyl (C=O) groups is 2. The Kier molecular flexibility index (Phi) is 4.43. The van der Waals surface area contributed by atoms with Gasteiger partial charge in [0.1, 0.15) is 0 Å². The van der Waals surface area contributed by atoms with Crippen molar-refractivity contribution >= 4 is 29.3 Å². The van der Waals surface area contributed by atoms with E-state index in [1.165, 1.54) is 24.6 Å². The van der Waals surface area contributed by atoms with Gasteiger partial charge in [-0.2, -0.15) is 0 Å². The molecule has 1 aromatic carbocycles. The van der Waals surface area contributed by atoms with Crippen LogP contribution in [0.25, 0.3) is 0 Å². The number of hydrogen-bond donors (Lipinski definition) is 2. The van der Waals surface area contributed by atoms with Crippen LogP contribution < -0.4 is 10.6 Å². The molecule has 0 saturated heterocycles. The summed E-state index contributed by atoms with van der Waals surface area (Å²) in [5.41, 5.74) is 1.37. The molecular weight excluding hydrogens is 296 g/mol. The maximum Gasteiger partial charge on any atom is 0.251 e. The van der Waals surface area contributed by atoms with E-state index in [1.807, 2.05) is 12.1 Å². The second-order valence-electron chi connectivity index (χ2n) is 6.40. The van der Waals surface area contributed by atoms with E-state index in [0.29, 0.717) is 23.2 Å². The minimum absolute atomic E-state index is 0.00946. The molecule has 2 amide bonds. The Labute approximate surface area is 135 Å². The van der Waals surface area contributed by atoms with Gasteiger partial charge in [0, 0.05) is 16.5 Å². The van der Waals surface area contributed by atoms with Gasteiger partial charge in [0.2, 0.25) is 5.91 Å². The number of anilines is 1. The molecule has 1 aromatic rings. The molecule has 1 saturated carbocycles. The molecule has 3 rings (SSSR count). The first-order valence-electron chi connectivity index (χ1n) is 7.92. The molecule has 0 bridgehead atoms. The fourth-order valence-corrected chi connectivity index (χ4v) is 4.05. The van der Waals surface area contributed by atoms with Gasteiger partial charge in [-0.1, -0.05) is 26.7 Å². The van der Waals surface area contributed by atoms with E-state index < -0.39 is 0 Å². The van der Waals surface area contributed by atoms with Gasteiger partial charge in [-0.25, -0.2) is 0 Å². The van der Waals surface area contributed by atoms with Crippen LogP contribution in [0.3, 0.4) is 0 Å². The summed E-state index contributed by atoms with van der Waals surface area (Å²) in [6.07, 6.45) is 3.47. The van der Waals surface area contributed by atoms with Gasteiger partial charge < -0.3 is 10.6 Å². The molecule has 1 aliphatic heterocycles. The topological polar surface area (TPSA) is 58.2 Å². The van der Waals surface area contributed by atoms with E-state index in [2.05, 4.69) is 24.5 Å². The summed E-state index contributed by atoms with van der Waals surface area (Å²) >= 11 is 1.51. The van der Waals surface area contributed by atoms with Crippen molar-refractivity contribution in [1.82, 2.24) is 5.32 Å². The van der Waals surface area contributed by atoms with Crippen LogP contribution in [0, 0.1) is 11.8 Å². The van der Waals surface area contributed by atoms with E-state index in [9.17, 15) is 9.59 Å². The second kappa shape index (κ2) is 6.32. The molecule has 0 spiro atoms. The number of benzene rings is 1. The van der Waals surface area contributed by atoms with Gasteiger partial charge in [0.15, 0.2) is 0 Å². The number of nitrogens with one attached hydrogen (secondary N) is 2. The van der Waals surface area contributed by atoms with Crippen molar-refractivity contribution in [2.45, 2.75) is 44.0 Å². The monoisotopic (exact) mass is 318 g/mol. The van der Waals surface area contributed by atoms with E-state index in [0.717, 1.165) is 17.0 Å². The highest BCUT2D eigenvalue weighted by Crippen LogP contribution is 2.33. The van der Waals surface area contributed by atoms with Crippen molar-refractivity contribution in [1.29, 1.82) is 0 Å². The summed E-state index contributed by atoms with van der Waals surface area (Å²) < 4.78 is 0. The van der Waals surface area contributed by atoms with Gasteiger partial charge in [0.05, 0.1) is 11.4 Å². The molecule has 0 unspecified atom stereocenters. The van der Waals surface area contributed by atoms with Crippen LogP contribution in [-0.4, -0.2) is 23.6 Å². The Morgan fingerprint density at radius 1 is 1.32 bits per heavy atom. The minimum atomic E-state index is -0.0430. The molecule has 0 radical (unpaired) electrons. The summed E-state index contributed by atoms with van der Waals surface area (Å²) in [6, 6.07) is 5.79. The quantitative estimate of drug-likeness (QED) is 0.880. The third-order valence-corrected chi connectivity index (χ3v) is 5.97. The fraction of sp³-hybridized carbons (Fsp3) is 0.529. The summed E-state index contributed by atoms with van der Waals surface area (Å²) in [5, 5.41) is 6.01. The molecule has 1 heterocycles. The molecule has 1 aliphatic carbocycles. The minimum Gasteiger partial charge on any atom is -0.349 e. The Bertz CT molecular complexity index is 602. The van der Waals surface area contributed by atoms with E-state index >= 15 is 0 Å². The van der Waals surface area contributed by atoms with Gasteiger partial charge in [-0.3, -0.25) is 9.59 Å². The third-order valence-electron chi connectivity index (χ3n) is 4.90. The average Bonchev–Trinajstić information content (AvgIpc) is 2.51. The molecule has 1 fully saturated rings. The van der Waals surface area contributed by atoms with Crippen molar-refractivity contribution in [2.75, 3.05) is 11.1 Å². The molecular formula is C17H22N2O2S. The summed E-state index contributed by atoms with van der Waals surface area (Å²) in [5.74, 6) is 1.54. The van der Waals surface area contributed by atoms with Gasteiger partial charge >= 0.3 is 0 Å². The summed E-state index contributed by atoms with van der Waals surface area (Å²) in [7, 11) is 0. The number of hydrogen-bond acceptors (Lipinski definition) is 3. The van der Waals surface area contributed by atoms with Crippen molar-refractivity contribution in [2.24, 2.45) is 11.8 Å². The molecule has 3 atom stereocenters. The lowest BCUT2D eigenvalue weighted by molar-refractivity contribution is -0.113. The van der Waals surface area contributed by atoms with E-state index in [4.69, 9.17) is 0 Å². The molecule has 2 N–H and O–H groups in total. The average molecular weight is 318 g/mol. The van der Waals surface area contributed by atoms with Crippen LogP contribution in [0.4, 0.5) is 5.69 Å². The molecule has 4 nitrogen and oxygen atoms in total. The van der Waals surface area contributed by atoms with Crippen molar-refractivity contribution in [3.05, 3.63) is 23.8 Å². The molecule has 0 aromatic heterocycles. The van der Waals surface area contributed by atoms with Crippen LogP contribution in [-0.2, 0) is 4.79 Å². The predicted octanol–water partition coefficient (Wildman–Crippen LogP) is 3.29. The largest absolute Gasteiger partial charge is 0.349 e.